The summed E-state index contributed by atoms with van der Waals surface area (Å²) in [7, 11) is 1.51. The summed E-state index contributed by atoms with van der Waals surface area (Å²) in [6.07, 6.45) is 6.62. The minimum atomic E-state index is -0.0514. The summed E-state index contributed by atoms with van der Waals surface area (Å²) < 4.78 is 9.94. The lowest BCUT2D eigenvalue weighted by atomic mass is 10.1. The van der Waals surface area contributed by atoms with Gasteiger partial charge in [-0.2, -0.15) is 0 Å². The number of rotatable bonds is 13. The highest BCUT2D eigenvalue weighted by atomic mass is 127. The van der Waals surface area contributed by atoms with Gasteiger partial charge in [-0.3, -0.25) is 9.59 Å². The number of hydrogen-bond acceptors (Lipinski definition) is 4. The Labute approximate surface area is 128 Å². The van der Waals surface area contributed by atoms with Crippen LogP contribution >= 0.6 is 22.6 Å². The van der Waals surface area contributed by atoms with Crippen LogP contribution in [0.4, 0.5) is 0 Å². The molecule has 0 radical (unpaired) electrons. The van der Waals surface area contributed by atoms with Crippen molar-refractivity contribution < 1.29 is 19.1 Å². The second kappa shape index (κ2) is 14.2. The topological polar surface area (TPSA) is 64.6 Å². The fourth-order valence-electron chi connectivity index (χ4n) is 1.60. The molecule has 0 heterocycles. The highest BCUT2D eigenvalue weighted by Gasteiger charge is 1.98. The molecule has 5 nitrogen and oxygen atoms in total. The molecule has 0 saturated carbocycles. The Morgan fingerprint density at radius 2 is 1.63 bits per heavy atom. The zero-order valence-corrected chi connectivity index (χ0v) is 13.7. The molecule has 0 fully saturated rings. The Hall–Kier alpha value is -0.210. The predicted molar refractivity (Wildman–Crippen MR) is 82.4 cm³/mol. The maximum atomic E-state index is 11.1. The van der Waals surface area contributed by atoms with Gasteiger partial charge in [0.05, 0.1) is 0 Å². The van der Waals surface area contributed by atoms with E-state index in [1.807, 2.05) is 0 Å². The molecule has 1 N–H and O–H groups in total. The molecule has 0 bridgehead atoms. The van der Waals surface area contributed by atoms with Gasteiger partial charge in [0.2, 0.25) is 9.70 Å². The summed E-state index contributed by atoms with van der Waals surface area (Å²) in [6, 6.07) is 0. The molecule has 0 unspecified atom stereocenters. The van der Waals surface area contributed by atoms with Crippen molar-refractivity contribution in [3.8, 4) is 0 Å². The average Bonchev–Trinajstić information content (AvgIpc) is 2.36. The maximum absolute atomic E-state index is 11.1. The molecule has 0 aliphatic heterocycles. The van der Waals surface area contributed by atoms with Crippen molar-refractivity contribution in [1.29, 1.82) is 0 Å². The van der Waals surface area contributed by atoms with Crippen LogP contribution < -0.4 is 5.32 Å². The molecular weight excluding hydrogens is 361 g/mol. The molecule has 6 heteroatoms. The number of ether oxygens (including phenoxy) is 2. The van der Waals surface area contributed by atoms with Gasteiger partial charge in [0.15, 0.2) is 0 Å². The van der Waals surface area contributed by atoms with E-state index >= 15 is 0 Å². The molecular formula is C13H24INO4. The van der Waals surface area contributed by atoms with Gasteiger partial charge in [-0.05, 0) is 12.8 Å². The lowest BCUT2D eigenvalue weighted by molar-refractivity contribution is -0.124. The summed E-state index contributed by atoms with van der Waals surface area (Å²) >= 11 is 1.74. The first-order valence-electron chi connectivity index (χ1n) is 6.68. The number of halogens is 1. The molecule has 0 aliphatic rings. The Balaban J connectivity index is 3.06. The molecule has 19 heavy (non-hydrogen) atoms. The monoisotopic (exact) mass is 385 g/mol. The number of methoxy groups -OCH3 is 1. The van der Waals surface area contributed by atoms with E-state index in [1.165, 1.54) is 20.0 Å². The number of hydrogen-bond donors (Lipinski definition) is 1. The Kier molecular flexibility index (Phi) is 14.0. The van der Waals surface area contributed by atoms with Gasteiger partial charge in [-0.25, -0.2) is 0 Å². The van der Waals surface area contributed by atoms with Crippen LogP contribution in [0.2, 0.25) is 0 Å². The largest absolute Gasteiger partial charge is 0.375 e. The van der Waals surface area contributed by atoms with Gasteiger partial charge < -0.3 is 14.8 Å². The minimum absolute atomic E-state index is 0.0492. The zero-order chi connectivity index (χ0) is 14.3. The quantitative estimate of drug-likeness (QED) is 0.300. The summed E-state index contributed by atoms with van der Waals surface area (Å²) in [6.45, 7) is 1.76. The molecule has 0 aliphatic carbocycles. The molecule has 0 saturated heterocycles. The van der Waals surface area contributed by atoms with E-state index in [1.54, 1.807) is 22.6 Å². The smallest absolute Gasteiger partial charge is 0.245 e. The SMILES string of the molecule is COCC(=O)NCCCCCCCCOCC(=O)I. The summed E-state index contributed by atoms with van der Waals surface area (Å²) in [5, 5.41) is 2.80. The molecule has 1 amide bonds. The Morgan fingerprint density at radius 1 is 1.00 bits per heavy atom. The van der Waals surface area contributed by atoms with Crippen molar-refractivity contribution in [1.82, 2.24) is 5.32 Å². The first-order valence-corrected chi connectivity index (χ1v) is 7.76. The maximum Gasteiger partial charge on any atom is 0.245 e. The van der Waals surface area contributed by atoms with E-state index < -0.39 is 0 Å². The number of carbonyl (C=O) groups is 2. The molecule has 0 spiro atoms. The average molecular weight is 385 g/mol. The van der Waals surface area contributed by atoms with Crippen LogP contribution in [0, 0.1) is 0 Å². The second-order valence-corrected chi connectivity index (χ2v) is 5.52. The van der Waals surface area contributed by atoms with Gasteiger partial charge in [-0.15, -0.1) is 0 Å². The van der Waals surface area contributed by atoms with Crippen molar-refractivity contribution in [2.75, 3.05) is 33.5 Å². The van der Waals surface area contributed by atoms with Crippen molar-refractivity contribution in [2.45, 2.75) is 38.5 Å². The van der Waals surface area contributed by atoms with E-state index in [4.69, 9.17) is 9.47 Å². The second-order valence-electron chi connectivity index (χ2n) is 4.31. The van der Waals surface area contributed by atoms with Gasteiger partial charge in [0.1, 0.15) is 13.2 Å². The number of nitrogens with one attached hydrogen (secondary N) is 1. The number of unbranched alkanes of at least 4 members (excludes halogenated alkanes) is 5. The van der Waals surface area contributed by atoms with Crippen LogP contribution in [-0.2, 0) is 19.1 Å². The third-order valence-electron chi connectivity index (χ3n) is 2.53. The van der Waals surface area contributed by atoms with Crippen LogP contribution in [0.1, 0.15) is 38.5 Å². The first kappa shape index (κ1) is 18.8. The van der Waals surface area contributed by atoms with E-state index in [0.717, 1.165) is 32.2 Å². The summed E-state index contributed by atoms with van der Waals surface area (Å²) in [5.74, 6) is -0.0514. The lowest BCUT2D eigenvalue weighted by Crippen LogP contribution is -2.27. The molecule has 0 atom stereocenters. The molecule has 0 aromatic carbocycles. The Morgan fingerprint density at radius 3 is 2.26 bits per heavy atom. The summed E-state index contributed by atoms with van der Waals surface area (Å²) in [4.78, 5) is 21.6. The van der Waals surface area contributed by atoms with Crippen LogP contribution in [0.3, 0.4) is 0 Å². The molecule has 0 aromatic heterocycles. The van der Waals surface area contributed by atoms with Gasteiger partial charge in [0.25, 0.3) is 0 Å². The number of carbonyl (C=O) groups excluding carboxylic acids is 2. The highest BCUT2D eigenvalue weighted by Crippen LogP contribution is 2.05. The van der Waals surface area contributed by atoms with Crippen LogP contribution in [-0.4, -0.2) is 43.2 Å². The lowest BCUT2D eigenvalue weighted by Gasteiger charge is -2.04. The predicted octanol–water partition coefficient (Wildman–Crippen LogP) is 2.07. The molecule has 0 rings (SSSR count). The van der Waals surface area contributed by atoms with Crippen LogP contribution in [0.15, 0.2) is 0 Å². The minimum Gasteiger partial charge on any atom is -0.375 e. The van der Waals surface area contributed by atoms with E-state index in [9.17, 15) is 9.59 Å². The normalized spacial score (nSPS) is 10.4. The van der Waals surface area contributed by atoms with Crippen molar-refractivity contribution in [3.63, 3.8) is 0 Å². The third-order valence-corrected chi connectivity index (χ3v) is 2.84. The van der Waals surface area contributed by atoms with Crippen molar-refractivity contribution in [2.24, 2.45) is 0 Å². The standard InChI is InChI=1S/C13H24INO4/c1-18-11-13(17)15-8-6-4-2-3-5-7-9-19-10-12(14)16/h2-11H2,1H3,(H,15,17). The van der Waals surface area contributed by atoms with Crippen LogP contribution in [0.25, 0.3) is 0 Å². The van der Waals surface area contributed by atoms with Gasteiger partial charge in [-0.1, -0.05) is 25.7 Å². The number of amides is 1. The fraction of sp³-hybridized carbons (Fsp3) is 0.846. The Bertz CT molecular complexity index is 249. The fourth-order valence-corrected chi connectivity index (χ4v) is 1.82. The van der Waals surface area contributed by atoms with E-state index in [0.29, 0.717) is 6.61 Å². The van der Waals surface area contributed by atoms with Gasteiger partial charge >= 0.3 is 0 Å². The molecule has 112 valence electrons. The van der Waals surface area contributed by atoms with Gasteiger partial charge in [0, 0.05) is 42.9 Å². The van der Waals surface area contributed by atoms with Crippen molar-refractivity contribution >= 4 is 32.3 Å². The van der Waals surface area contributed by atoms with E-state index in [-0.39, 0.29) is 22.9 Å². The first-order chi connectivity index (χ1) is 9.16. The summed E-state index contributed by atoms with van der Waals surface area (Å²) in [5.41, 5.74) is 0. The zero-order valence-electron chi connectivity index (χ0n) is 11.6. The third kappa shape index (κ3) is 15.7. The molecule has 0 aromatic rings. The van der Waals surface area contributed by atoms with Crippen molar-refractivity contribution in [3.05, 3.63) is 0 Å². The van der Waals surface area contributed by atoms with E-state index in [2.05, 4.69) is 5.32 Å². The highest BCUT2D eigenvalue weighted by molar-refractivity contribution is 14.1. The van der Waals surface area contributed by atoms with Crippen LogP contribution in [0.5, 0.6) is 0 Å².